The Kier molecular flexibility index (Phi) is 12.1. The summed E-state index contributed by atoms with van der Waals surface area (Å²) in [5, 5.41) is 35.7. The van der Waals surface area contributed by atoms with Gasteiger partial charge in [-0.15, -0.1) is 10.2 Å². The van der Waals surface area contributed by atoms with Crippen LogP contribution in [0.4, 0.5) is 11.5 Å². The summed E-state index contributed by atoms with van der Waals surface area (Å²) < 4.78 is 8.35. The molecule has 1 aliphatic carbocycles. The molecular formula is C45H47ClN10O3. The maximum atomic E-state index is 12.9. The minimum Gasteiger partial charge on any atom is -0.490 e. The largest absolute Gasteiger partial charge is 0.490 e. The maximum absolute atomic E-state index is 12.9. The van der Waals surface area contributed by atoms with Gasteiger partial charge in [0.1, 0.15) is 17.5 Å². The molecule has 3 aliphatic heterocycles. The minimum atomic E-state index is -0.250. The Morgan fingerprint density at radius 1 is 0.932 bits per heavy atom. The lowest BCUT2D eigenvalue weighted by Gasteiger charge is -2.33. The first kappa shape index (κ1) is 39.9. The highest BCUT2D eigenvalue weighted by Crippen LogP contribution is 2.40. The number of rotatable bonds is 8. The van der Waals surface area contributed by atoms with Gasteiger partial charge in [0.05, 0.1) is 40.9 Å². The number of anilines is 2. The van der Waals surface area contributed by atoms with E-state index in [0.717, 1.165) is 101 Å². The average Bonchev–Trinajstić information content (AvgIpc) is 3.64. The van der Waals surface area contributed by atoms with Gasteiger partial charge in [-0.05, 0) is 105 Å². The molecule has 302 valence electrons. The van der Waals surface area contributed by atoms with Gasteiger partial charge in [0, 0.05) is 81.5 Å². The number of amides is 2. The number of benzene rings is 2. The van der Waals surface area contributed by atoms with Gasteiger partial charge in [-0.2, -0.15) is 15.6 Å². The van der Waals surface area contributed by atoms with Gasteiger partial charge in [-0.25, -0.2) is 0 Å². The third kappa shape index (κ3) is 9.05. The second kappa shape index (κ2) is 17.9. The standard InChI is InChI=1S/C45H47ClN10O3/c1-30(57)54-24-19-43-39(29-54)44(55-21-4-5-32-25-31(27-47)7-16-42(32)55)52-56(43)36-17-22-53(23-18-36)20-3-2-6-35-11-15-41(51-50-35)45(58)49-34-9-13-37(14-10-34)59-38-12-8-33(28-48)40(46)26-38/h7-8,11-12,15-16,25-26,34,36-37H,3-5,9-10,13-14,17-24,29H2,1H3,(H,49,58). The average molecular weight is 811 g/mol. The number of aryl methyl sites for hydroxylation is 1. The van der Waals surface area contributed by atoms with Gasteiger partial charge in [-0.1, -0.05) is 17.5 Å². The number of halogens is 1. The van der Waals surface area contributed by atoms with E-state index in [1.54, 1.807) is 37.3 Å². The van der Waals surface area contributed by atoms with Gasteiger partial charge in [0.2, 0.25) is 5.91 Å². The first-order valence-corrected chi connectivity index (χ1v) is 21.0. The van der Waals surface area contributed by atoms with Crippen LogP contribution >= 0.6 is 11.6 Å². The van der Waals surface area contributed by atoms with Crippen LogP contribution < -0.4 is 15.0 Å². The SMILES string of the molecule is CC(=O)N1CCc2c(c(N3CCCc4cc(C#N)ccc43)nn2C2CCN(CCC#Cc3ccc(C(=O)NC4CCC(Oc5ccc(C#N)c(Cl)c5)CC4)nn3)CC2)C1. The number of piperidine rings is 1. The van der Waals surface area contributed by atoms with E-state index in [1.807, 2.05) is 17.0 Å². The van der Waals surface area contributed by atoms with Crippen molar-refractivity contribution in [2.75, 3.05) is 37.6 Å². The lowest BCUT2D eigenvalue weighted by atomic mass is 9.93. The molecule has 1 saturated heterocycles. The third-order valence-corrected chi connectivity index (χ3v) is 12.3. The number of nitrogens with zero attached hydrogens (tertiary/aromatic N) is 9. The topological polar surface area (TPSA) is 156 Å². The highest BCUT2D eigenvalue weighted by molar-refractivity contribution is 6.31. The van der Waals surface area contributed by atoms with E-state index in [1.165, 1.54) is 11.3 Å². The van der Waals surface area contributed by atoms with Crippen molar-refractivity contribution >= 4 is 34.9 Å². The minimum absolute atomic E-state index is 0.0196. The summed E-state index contributed by atoms with van der Waals surface area (Å²) in [7, 11) is 0. The number of nitrogens with one attached hydrogen (secondary N) is 1. The number of ether oxygens (including phenoxy) is 1. The molecule has 2 aromatic carbocycles. The second-order valence-corrected chi connectivity index (χ2v) is 16.2. The Morgan fingerprint density at radius 3 is 2.49 bits per heavy atom. The smallest absolute Gasteiger partial charge is 0.272 e. The lowest BCUT2D eigenvalue weighted by Crippen LogP contribution is -2.40. The maximum Gasteiger partial charge on any atom is 0.272 e. The fourth-order valence-electron chi connectivity index (χ4n) is 8.81. The Labute approximate surface area is 349 Å². The number of hydrogen-bond donors (Lipinski definition) is 1. The van der Waals surface area contributed by atoms with E-state index in [-0.39, 0.29) is 35.7 Å². The molecule has 0 spiro atoms. The fraction of sp³-hybridized carbons (Fsp3) is 0.444. The number of hydrogen-bond acceptors (Lipinski definition) is 10. The molecule has 4 aliphatic rings. The summed E-state index contributed by atoms with van der Waals surface area (Å²) in [5.74, 6) is 7.78. The summed E-state index contributed by atoms with van der Waals surface area (Å²) in [4.78, 5) is 32.1. The number of nitriles is 2. The van der Waals surface area contributed by atoms with Crippen LogP contribution in [0.5, 0.6) is 5.75 Å². The summed E-state index contributed by atoms with van der Waals surface area (Å²) in [6.45, 7) is 6.51. The zero-order valence-electron chi connectivity index (χ0n) is 33.3. The molecule has 13 nitrogen and oxygen atoms in total. The molecule has 1 saturated carbocycles. The van der Waals surface area contributed by atoms with E-state index in [4.69, 9.17) is 26.7 Å². The predicted molar refractivity (Wildman–Crippen MR) is 222 cm³/mol. The van der Waals surface area contributed by atoms with Gasteiger partial charge in [0.25, 0.3) is 5.91 Å². The fourth-order valence-corrected chi connectivity index (χ4v) is 9.03. The van der Waals surface area contributed by atoms with Gasteiger partial charge < -0.3 is 24.8 Å². The normalized spacial score (nSPS) is 19.3. The zero-order valence-corrected chi connectivity index (χ0v) is 34.0. The molecule has 4 aromatic rings. The number of carbonyl (C=O) groups is 2. The Hall–Kier alpha value is -5.94. The van der Waals surface area contributed by atoms with Gasteiger partial charge >= 0.3 is 0 Å². The van der Waals surface area contributed by atoms with Crippen molar-refractivity contribution < 1.29 is 14.3 Å². The van der Waals surface area contributed by atoms with Gasteiger partial charge in [-0.3, -0.25) is 14.3 Å². The Balaban J connectivity index is 0.812. The molecule has 8 rings (SSSR count). The van der Waals surface area contributed by atoms with Crippen molar-refractivity contribution in [2.24, 2.45) is 0 Å². The number of fused-ring (bicyclic) bond motifs is 2. The molecular weight excluding hydrogens is 764 g/mol. The lowest BCUT2D eigenvalue weighted by molar-refractivity contribution is -0.129. The molecule has 2 aromatic heterocycles. The van der Waals surface area contributed by atoms with Crippen LogP contribution in [-0.2, 0) is 24.2 Å². The Bertz CT molecular complexity index is 2360. The first-order chi connectivity index (χ1) is 28.8. The summed E-state index contributed by atoms with van der Waals surface area (Å²) in [6.07, 6.45) is 8.53. The van der Waals surface area contributed by atoms with E-state index < -0.39 is 0 Å². The second-order valence-electron chi connectivity index (χ2n) is 15.8. The van der Waals surface area contributed by atoms with E-state index in [2.05, 4.69) is 60.0 Å². The van der Waals surface area contributed by atoms with Crippen LogP contribution in [0.2, 0.25) is 5.02 Å². The zero-order chi connectivity index (χ0) is 40.9. The summed E-state index contributed by atoms with van der Waals surface area (Å²) in [6, 6.07) is 19.1. The molecule has 1 N–H and O–H groups in total. The van der Waals surface area contributed by atoms with Crippen molar-refractivity contribution in [1.29, 1.82) is 10.5 Å². The summed E-state index contributed by atoms with van der Waals surface area (Å²) >= 11 is 6.15. The number of likely N-dealkylation sites (tertiary alicyclic amines) is 1. The van der Waals surface area contributed by atoms with Crippen LogP contribution in [0, 0.1) is 34.5 Å². The van der Waals surface area contributed by atoms with Crippen LogP contribution in [0.15, 0.2) is 48.5 Å². The van der Waals surface area contributed by atoms with Crippen LogP contribution in [0.25, 0.3) is 0 Å². The number of aromatic nitrogens is 4. The van der Waals surface area contributed by atoms with Gasteiger partial charge in [0.15, 0.2) is 11.5 Å². The molecule has 14 heteroatoms. The molecule has 0 atom stereocenters. The molecule has 0 bridgehead atoms. The van der Waals surface area contributed by atoms with Crippen LogP contribution in [0.3, 0.4) is 0 Å². The van der Waals surface area contributed by atoms with Crippen molar-refractivity contribution in [1.82, 2.24) is 35.1 Å². The highest BCUT2D eigenvalue weighted by Gasteiger charge is 2.34. The van der Waals surface area contributed by atoms with E-state index in [0.29, 0.717) is 47.1 Å². The first-order valence-electron chi connectivity index (χ1n) is 20.6. The van der Waals surface area contributed by atoms with Crippen molar-refractivity contribution in [3.05, 3.63) is 92.9 Å². The quantitative estimate of drug-likeness (QED) is 0.202. The highest BCUT2D eigenvalue weighted by atomic mass is 35.5. The van der Waals surface area contributed by atoms with Crippen LogP contribution in [0.1, 0.15) is 108 Å². The number of carbonyl (C=O) groups excluding carboxylic acids is 2. The van der Waals surface area contributed by atoms with Crippen LogP contribution in [-0.4, -0.2) is 86.5 Å². The molecule has 2 amide bonds. The predicted octanol–water partition coefficient (Wildman–Crippen LogP) is 6.26. The Morgan fingerprint density at radius 2 is 1.76 bits per heavy atom. The van der Waals surface area contributed by atoms with Crippen molar-refractivity contribution in [3.8, 4) is 29.7 Å². The third-order valence-electron chi connectivity index (χ3n) is 12.0. The van der Waals surface area contributed by atoms with E-state index in [9.17, 15) is 14.9 Å². The summed E-state index contributed by atoms with van der Waals surface area (Å²) in [5.41, 5.74) is 6.56. The van der Waals surface area contributed by atoms with Crippen molar-refractivity contribution in [2.45, 2.75) is 95.9 Å². The monoisotopic (exact) mass is 810 g/mol. The molecule has 0 radical (unpaired) electrons. The van der Waals surface area contributed by atoms with Crippen molar-refractivity contribution in [3.63, 3.8) is 0 Å². The molecule has 5 heterocycles. The molecule has 0 unspecified atom stereocenters. The van der Waals surface area contributed by atoms with E-state index >= 15 is 0 Å². The molecule has 59 heavy (non-hydrogen) atoms. The molecule has 2 fully saturated rings.